The minimum Gasteiger partial charge on any atom is -0.395 e. The van der Waals surface area contributed by atoms with Crippen molar-refractivity contribution in [1.29, 1.82) is 0 Å². The number of aliphatic hydroxyl groups excluding tert-OH is 2. The van der Waals surface area contributed by atoms with Crippen molar-refractivity contribution in [1.82, 2.24) is 0 Å². The van der Waals surface area contributed by atoms with Crippen LogP contribution in [-0.4, -0.2) is 37.1 Å². The second-order valence-corrected chi connectivity index (χ2v) is 4.92. The van der Waals surface area contributed by atoms with Crippen molar-refractivity contribution >= 4 is 0 Å². The van der Waals surface area contributed by atoms with Crippen LogP contribution >= 0.6 is 0 Å². The van der Waals surface area contributed by atoms with E-state index >= 15 is 0 Å². The van der Waals surface area contributed by atoms with Gasteiger partial charge in [-0.1, -0.05) is 36.2 Å². The van der Waals surface area contributed by atoms with Gasteiger partial charge in [0, 0.05) is 19.1 Å². The van der Waals surface area contributed by atoms with E-state index in [9.17, 15) is 10.2 Å². The minimum absolute atomic E-state index is 0.0278. The molecule has 0 aromatic heterocycles. The fraction of sp³-hybridized carbons (Fsp3) is 0.600. The molecular formula is C15H24O3. The van der Waals surface area contributed by atoms with Crippen molar-refractivity contribution < 1.29 is 14.9 Å². The van der Waals surface area contributed by atoms with Gasteiger partial charge in [-0.2, -0.15) is 0 Å². The summed E-state index contributed by atoms with van der Waals surface area (Å²) in [6, 6.07) is 8.02. The number of ether oxygens (including phenoxy) is 1. The average Bonchev–Trinajstić information content (AvgIpc) is 2.40. The largest absolute Gasteiger partial charge is 0.395 e. The molecule has 0 atom stereocenters. The topological polar surface area (TPSA) is 49.7 Å². The van der Waals surface area contributed by atoms with Gasteiger partial charge in [-0.05, 0) is 25.3 Å². The van der Waals surface area contributed by atoms with E-state index in [2.05, 4.69) is 0 Å². The molecule has 1 aromatic carbocycles. The summed E-state index contributed by atoms with van der Waals surface area (Å²) in [6.45, 7) is 2.69. The van der Waals surface area contributed by atoms with Crippen LogP contribution in [0.5, 0.6) is 0 Å². The maximum absolute atomic E-state index is 9.69. The second kappa shape index (κ2) is 7.52. The summed E-state index contributed by atoms with van der Waals surface area (Å²) >= 11 is 0. The molecule has 0 saturated heterocycles. The van der Waals surface area contributed by atoms with Crippen LogP contribution in [-0.2, 0) is 10.2 Å². The Labute approximate surface area is 109 Å². The fourth-order valence-electron chi connectivity index (χ4n) is 2.22. The van der Waals surface area contributed by atoms with Crippen LogP contribution in [0.4, 0.5) is 0 Å². The molecule has 0 aliphatic heterocycles. The van der Waals surface area contributed by atoms with Crippen molar-refractivity contribution in [3.05, 3.63) is 35.4 Å². The first kappa shape index (κ1) is 15.2. The highest BCUT2D eigenvalue weighted by atomic mass is 16.5. The molecule has 0 aliphatic rings. The average molecular weight is 252 g/mol. The first-order valence-corrected chi connectivity index (χ1v) is 6.46. The molecule has 0 unspecified atom stereocenters. The number of hydrogen-bond acceptors (Lipinski definition) is 3. The van der Waals surface area contributed by atoms with Gasteiger partial charge in [-0.25, -0.2) is 0 Å². The lowest BCUT2D eigenvalue weighted by atomic mass is 9.77. The Morgan fingerprint density at radius 3 is 2.44 bits per heavy atom. The highest BCUT2D eigenvalue weighted by Gasteiger charge is 2.30. The van der Waals surface area contributed by atoms with E-state index in [1.807, 2.05) is 31.2 Å². The summed E-state index contributed by atoms with van der Waals surface area (Å²) in [5.41, 5.74) is 1.64. The zero-order valence-electron chi connectivity index (χ0n) is 11.4. The standard InChI is InChI=1S/C15H24O3/c1-13-6-5-7-14(10-13)15(11-16,12-17)8-3-4-9-18-2/h5-7,10,16-17H,3-4,8-9,11-12H2,1-2H3. The Kier molecular flexibility index (Phi) is 6.33. The van der Waals surface area contributed by atoms with Crippen LogP contribution < -0.4 is 0 Å². The normalized spacial score (nSPS) is 11.8. The molecule has 3 nitrogen and oxygen atoms in total. The van der Waals surface area contributed by atoms with Crippen molar-refractivity contribution in [3.63, 3.8) is 0 Å². The molecule has 1 rings (SSSR count). The van der Waals surface area contributed by atoms with Gasteiger partial charge in [0.2, 0.25) is 0 Å². The van der Waals surface area contributed by atoms with Gasteiger partial charge < -0.3 is 14.9 Å². The SMILES string of the molecule is COCCCCC(CO)(CO)c1cccc(C)c1. The molecule has 0 heterocycles. The van der Waals surface area contributed by atoms with Gasteiger partial charge in [-0.15, -0.1) is 0 Å². The number of aryl methyl sites for hydroxylation is 1. The molecule has 0 saturated carbocycles. The third kappa shape index (κ3) is 3.80. The molecule has 102 valence electrons. The molecule has 0 amide bonds. The number of methoxy groups -OCH3 is 1. The van der Waals surface area contributed by atoms with Gasteiger partial charge in [0.05, 0.1) is 13.2 Å². The van der Waals surface area contributed by atoms with Crippen LogP contribution in [0.25, 0.3) is 0 Å². The van der Waals surface area contributed by atoms with E-state index in [0.717, 1.165) is 37.0 Å². The summed E-state index contributed by atoms with van der Waals surface area (Å²) in [4.78, 5) is 0. The smallest absolute Gasteiger partial charge is 0.0550 e. The molecule has 0 fully saturated rings. The zero-order valence-corrected chi connectivity index (χ0v) is 11.4. The summed E-state index contributed by atoms with van der Waals surface area (Å²) in [5, 5.41) is 19.4. The molecule has 0 bridgehead atoms. The predicted octanol–water partition coefficient (Wildman–Crippen LogP) is 2.03. The number of rotatable bonds is 8. The maximum Gasteiger partial charge on any atom is 0.0550 e. The van der Waals surface area contributed by atoms with Crippen molar-refractivity contribution in [3.8, 4) is 0 Å². The summed E-state index contributed by atoms with van der Waals surface area (Å²) in [6.07, 6.45) is 2.65. The molecule has 3 heteroatoms. The van der Waals surface area contributed by atoms with E-state index in [4.69, 9.17) is 4.74 Å². The Morgan fingerprint density at radius 2 is 1.89 bits per heavy atom. The Balaban J connectivity index is 2.79. The van der Waals surface area contributed by atoms with E-state index in [1.54, 1.807) is 7.11 Å². The number of aliphatic hydroxyl groups is 2. The molecule has 0 spiro atoms. The number of hydrogen-bond donors (Lipinski definition) is 2. The van der Waals surface area contributed by atoms with Crippen molar-refractivity contribution in [2.75, 3.05) is 26.9 Å². The number of benzene rings is 1. The summed E-state index contributed by atoms with van der Waals surface area (Å²) < 4.78 is 5.02. The molecular weight excluding hydrogens is 228 g/mol. The van der Waals surface area contributed by atoms with Crippen LogP contribution in [0.3, 0.4) is 0 Å². The lowest BCUT2D eigenvalue weighted by Gasteiger charge is -2.30. The Bertz CT molecular complexity index is 345. The van der Waals surface area contributed by atoms with E-state index in [-0.39, 0.29) is 13.2 Å². The predicted molar refractivity (Wildman–Crippen MR) is 72.8 cm³/mol. The Hall–Kier alpha value is -0.900. The van der Waals surface area contributed by atoms with Gasteiger partial charge in [0.25, 0.3) is 0 Å². The zero-order chi connectivity index (χ0) is 13.4. The van der Waals surface area contributed by atoms with Crippen LogP contribution in [0, 0.1) is 6.92 Å². The quantitative estimate of drug-likeness (QED) is 0.696. The van der Waals surface area contributed by atoms with Crippen molar-refractivity contribution in [2.45, 2.75) is 31.6 Å². The van der Waals surface area contributed by atoms with Gasteiger partial charge in [0.1, 0.15) is 0 Å². The van der Waals surface area contributed by atoms with Gasteiger partial charge in [-0.3, -0.25) is 0 Å². The summed E-state index contributed by atoms with van der Waals surface area (Å²) in [5.74, 6) is 0. The molecule has 2 N–H and O–H groups in total. The second-order valence-electron chi connectivity index (χ2n) is 4.92. The molecule has 1 aromatic rings. The highest BCUT2D eigenvalue weighted by Crippen LogP contribution is 2.30. The van der Waals surface area contributed by atoms with Crippen molar-refractivity contribution in [2.24, 2.45) is 0 Å². The first-order chi connectivity index (χ1) is 8.68. The molecule has 0 aliphatic carbocycles. The van der Waals surface area contributed by atoms with Gasteiger partial charge in [0.15, 0.2) is 0 Å². The first-order valence-electron chi connectivity index (χ1n) is 6.46. The summed E-state index contributed by atoms with van der Waals surface area (Å²) in [7, 11) is 1.69. The minimum atomic E-state index is -0.528. The third-order valence-corrected chi connectivity index (χ3v) is 3.49. The van der Waals surface area contributed by atoms with Crippen LogP contribution in [0.15, 0.2) is 24.3 Å². The lowest BCUT2D eigenvalue weighted by molar-refractivity contribution is 0.103. The fourth-order valence-corrected chi connectivity index (χ4v) is 2.22. The van der Waals surface area contributed by atoms with E-state index < -0.39 is 5.41 Å². The number of unbranched alkanes of at least 4 members (excludes halogenated alkanes) is 1. The monoisotopic (exact) mass is 252 g/mol. The third-order valence-electron chi connectivity index (χ3n) is 3.49. The van der Waals surface area contributed by atoms with E-state index in [1.165, 1.54) is 0 Å². The maximum atomic E-state index is 9.69. The van der Waals surface area contributed by atoms with E-state index in [0.29, 0.717) is 0 Å². The Morgan fingerprint density at radius 1 is 1.17 bits per heavy atom. The molecule has 18 heavy (non-hydrogen) atoms. The van der Waals surface area contributed by atoms with Crippen LogP contribution in [0.2, 0.25) is 0 Å². The highest BCUT2D eigenvalue weighted by molar-refractivity contribution is 5.30. The lowest BCUT2D eigenvalue weighted by Crippen LogP contribution is -2.35. The van der Waals surface area contributed by atoms with Crippen LogP contribution in [0.1, 0.15) is 30.4 Å². The van der Waals surface area contributed by atoms with Gasteiger partial charge >= 0.3 is 0 Å². The molecule has 0 radical (unpaired) electrons.